The fourth-order valence-corrected chi connectivity index (χ4v) is 2.65. The van der Waals surface area contributed by atoms with Gasteiger partial charge in [0.2, 0.25) is 0 Å². The molecular formula is C15H17NO3. The molecule has 0 unspecified atom stereocenters. The van der Waals surface area contributed by atoms with Crippen LogP contribution < -0.4 is 4.90 Å². The van der Waals surface area contributed by atoms with E-state index in [1.807, 2.05) is 37.9 Å². The van der Waals surface area contributed by atoms with Crippen LogP contribution in [0.2, 0.25) is 0 Å². The summed E-state index contributed by atoms with van der Waals surface area (Å²) in [6.07, 6.45) is 2.36. The van der Waals surface area contributed by atoms with E-state index < -0.39 is 0 Å². The van der Waals surface area contributed by atoms with Gasteiger partial charge in [0.15, 0.2) is 0 Å². The Morgan fingerprint density at radius 1 is 1.37 bits per heavy atom. The standard InChI is InChI=1S/C15H17NO3/c1-15(2)11-9-10(14(18)19-4)5-6-12(11)16(3)13(15)7-8-17/h5-9H,1-4H3/b13-7-. The molecule has 0 radical (unpaired) electrons. The van der Waals surface area contributed by atoms with Gasteiger partial charge in [-0.05, 0) is 29.8 Å². The Morgan fingerprint density at radius 2 is 2.05 bits per heavy atom. The Labute approximate surface area is 112 Å². The molecule has 0 bridgehead atoms. The first-order chi connectivity index (χ1) is 8.93. The van der Waals surface area contributed by atoms with E-state index in [-0.39, 0.29) is 11.4 Å². The summed E-state index contributed by atoms with van der Waals surface area (Å²) in [5.74, 6) is -0.353. The largest absolute Gasteiger partial charge is 0.465 e. The van der Waals surface area contributed by atoms with Gasteiger partial charge in [0.1, 0.15) is 6.29 Å². The molecule has 4 heteroatoms. The number of hydrogen-bond acceptors (Lipinski definition) is 4. The van der Waals surface area contributed by atoms with Crippen LogP contribution in [0.4, 0.5) is 5.69 Å². The maximum Gasteiger partial charge on any atom is 0.337 e. The normalized spacial score (nSPS) is 18.3. The van der Waals surface area contributed by atoms with E-state index >= 15 is 0 Å². The maximum absolute atomic E-state index is 11.6. The van der Waals surface area contributed by atoms with Crippen molar-refractivity contribution < 1.29 is 14.3 Å². The lowest BCUT2D eigenvalue weighted by Crippen LogP contribution is -2.23. The first kappa shape index (κ1) is 13.3. The highest BCUT2D eigenvalue weighted by molar-refractivity contribution is 5.91. The molecule has 0 atom stereocenters. The summed E-state index contributed by atoms with van der Waals surface area (Å²) in [5.41, 5.74) is 3.15. The zero-order valence-electron chi connectivity index (χ0n) is 11.6. The summed E-state index contributed by atoms with van der Waals surface area (Å²) < 4.78 is 4.74. The van der Waals surface area contributed by atoms with E-state index in [9.17, 15) is 9.59 Å². The average molecular weight is 259 g/mol. The minimum absolute atomic E-state index is 0.310. The van der Waals surface area contributed by atoms with Gasteiger partial charge in [0.05, 0.1) is 12.7 Å². The van der Waals surface area contributed by atoms with Crippen molar-refractivity contribution in [1.82, 2.24) is 0 Å². The van der Waals surface area contributed by atoms with Gasteiger partial charge in [-0.1, -0.05) is 13.8 Å². The third-order valence-electron chi connectivity index (χ3n) is 3.68. The minimum atomic E-state index is -0.353. The molecule has 0 saturated carbocycles. The third-order valence-corrected chi connectivity index (χ3v) is 3.68. The highest BCUT2D eigenvalue weighted by Crippen LogP contribution is 2.46. The number of fused-ring (bicyclic) bond motifs is 1. The predicted octanol–water partition coefficient (Wildman–Crippen LogP) is 2.28. The van der Waals surface area contributed by atoms with Gasteiger partial charge in [-0.25, -0.2) is 4.79 Å². The van der Waals surface area contributed by atoms with Crippen LogP contribution in [0, 0.1) is 0 Å². The summed E-state index contributed by atoms with van der Waals surface area (Å²) >= 11 is 0. The number of methoxy groups -OCH3 is 1. The van der Waals surface area contributed by atoms with Crippen LogP contribution in [0.5, 0.6) is 0 Å². The summed E-state index contributed by atoms with van der Waals surface area (Å²) in [6.45, 7) is 4.07. The average Bonchev–Trinajstić information content (AvgIpc) is 2.59. The molecule has 1 aromatic rings. The predicted molar refractivity (Wildman–Crippen MR) is 73.4 cm³/mol. The van der Waals surface area contributed by atoms with E-state index in [4.69, 9.17) is 4.74 Å². The van der Waals surface area contributed by atoms with Crippen LogP contribution >= 0.6 is 0 Å². The van der Waals surface area contributed by atoms with Crippen molar-refractivity contribution in [3.63, 3.8) is 0 Å². The Morgan fingerprint density at radius 3 is 2.63 bits per heavy atom. The molecule has 0 fully saturated rings. The van der Waals surface area contributed by atoms with Gasteiger partial charge in [0.25, 0.3) is 0 Å². The number of ether oxygens (including phenoxy) is 1. The van der Waals surface area contributed by atoms with E-state index in [0.29, 0.717) is 5.56 Å². The SMILES string of the molecule is COC(=O)c1ccc2c(c1)C(C)(C)/C(=C/C=O)N2C. The highest BCUT2D eigenvalue weighted by Gasteiger charge is 2.38. The lowest BCUT2D eigenvalue weighted by Gasteiger charge is -2.23. The molecule has 1 aliphatic heterocycles. The van der Waals surface area contributed by atoms with Crippen LogP contribution in [0.25, 0.3) is 0 Å². The minimum Gasteiger partial charge on any atom is -0.465 e. The molecule has 0 saturated heterocycles. The number of aldehydes is 1. The van der Waals surface area contributed by atoms with Crippen LogP contribution in [0.15, 0.2) is 30.0 Å². The second kappa shape index (κ2) is 4.53. The van der Waals surface area contributed by atoms with Gasteiger partial charge in [-0.3, -0.25) is 4.79 Å². The number of carbonyl (C=O) groups is 2. The van der Waals surface area contributed by atoms with E-state index in [1.165, 1.54) is 7.11 Å². The Balaban J connectivity index is 2.60. The third kappa shape index (κ3) is 1.93. The molecule has 1 aromatic carbocycles. The Bertz CT molecular complexity index is 573. The number of nitrogens with zero attached hydrogens (tertiary/aromatic N) is 1. The van der Waals surface area contributed by atoms with Crippen molar-refractivity contribution in [2.45, 2.75) is 19.3 Å². The van der Waals surface area contributed by atoms with Gasteiger partial charge in [-0.2, -0.15) is 0 Å². The van der Waals surface area contributed by atoms with Crippen LogP contribution in [0.3, 0.4) is 0 Å². The molecular weight excluding hydrogens is 242 g/mol. The molecule has 2 rings (SSSR count). The topological polar surface area (TPSA) is 46.6 Å². The summed E-state index contributed by atoms with van der Waals surface area (Å²) in [5, 5.41) is 0. The second-order valence-corrected chi connectivity index (χ2v) is 5.10. The number of benzene rings is 1. The quantitative estimate of drug-likeness (QED) is 0.464. The van der Waals surface area contributed by atoms with Crippen molar-refractivity contribution in [2.75, 3.05) is 19.1 Å². The summed E-state index contributed by atoms with van der Waals surface area (Å²) in [4.78, 5) is 24.4. The first-order valence-electron chi connectivity index (χ1n) is 6.06. The molecule has 0 aromatic heterocycles. The molecule has 19 heavy (non-hydrogen) atoms. The number of esters is 1. The van der Waals surface area contributed by atoms with Crippen molar-refractivity contribution in [3.8, 4) is 0 Å². The number of anilines is 1. The lowest BCUT2D eigenvalue weighted by atomic mass is 9.83. The number of allylic oxidation sites excluding steroid dienone is 2. The molecule has 1 aliphatic rings. The second-order valence-electron chi connectivity index (χ2n) is 5.10. The monoisotopic (exact) mass is 259 g/mol. The van der Waals surface area contributed by atoms with Crippen LogP contribution in [-0.4, -0.2) is 26.4 Å². The van der Waals surface area contributed by atoms with Crippen molar-refractivity contribution >= 4 is 17.9 Å². The molecule has 0 N–H and O–H groups in total. The highest BCUT2D eigenvalue weighted by atomic mass is 16.5. The number of rotatable bonds is 2. The van der Waals surface area contributed by atoms with Gasteiger partial charge < -0.3 is 9.64 Å². The summed E-state index contributed by atoms with van der Waals surface area (Å²) in [6, 6.07) is 5.46. The fourth-order valence-electron chi connectivity index (χ4n) is 2.65. The van der Waals surface area contributed by atoms with Crippen LogP contribution in [0.1, 0.15) is 29.8 Å². The summed E-state index contributed by atoms with van der Waals surface area (Å²) in [7, 11) is 3.28. The zero-order chi connectivity index (χ0) is 14.2. The Hall–Kier alpha value is -2.10. The number of hydrogen-bond donors (Lipinski definition) is 0. The van der Waals surface area contributed by atoms with E-state index in [0.717, 1.165) is 23.2 Å². The van der Waals surface area contributed by atoms with Gasteiger partial charge in [0, 0.05) is 23.8 Å². The molecule has 4 nitrogen and oxygen atoms in total. The lowest BCUT2D eigenvalue weighted by molar-refractivity contribution is -0.104. The maximum atomic E-state index is 11.6. The van der Waals surface area contributed by atoms with Crippen molar-refractivity contribution in [2.24, 2.45) is 0 Å². The molecule has 0 spiro atoms. The van der Waals surface area contributed by atoms with Gasteiger partial charge in [-0.15, -0.1) is 0 Å². The number of likely N-dealkylation sites (N-methyl/N-ethyl adjacent to an activating group) is 1. The molecule has 0 amide bonds. The van der Waals surface area contributed by atoms with E-state index in [2.05, 4.69) is 0 Å². The van der Waals surface area contributed by atoms with Crippen LogP contribution in [-0.2, 0) is 14.9 Å². The number of carbonyl (C=O) groups excluding carboxylic acids is 2. The zero-order valence-corrected chi connectivity index (χ0v) is 11.6. The van der Waals surface area contributed by atoms with Gasteiger partial charge >= 0.3 is 5.97 Å². The smallest absolute Gasteiger partial charge is 0.337 e. The Kier molecular flexibility index (Phi) is 3.18. The van der Waals surface area contributed by atoms with Crippen molar-refractivity contribution in [1.29, 1.82) is 0 Å². The fraction of sp³-hybridized carbons (Fsp3) is 0.333. The first-order valence-corrected chi connectivity index (χ1v) is 6.06. The molecule has 1 heterocycles. The molecule has 100 valence electrons. The molecule has 0 aliphatic carbocycles. The van der Waals surface area contributed by atoms with Crippen molar-refractivity contribution in [3.05, 3.63) is 41.1 Å². The van der Waals surface area contributed by atoms with E-state index in [1.54, 1.807) is 12.1 Å².